The molecule has 1 unspecified atom stereocenters. The largest absolute Gasteiger partial charge is 0.366 e. The highest BCUT2D eigenvalue weighted by Gasteiger charge is 2.09. The molecule has 1 heterocycles. The van der Waals surface area contributed by atoms with Crippen molar-refractivity contribution in [3.63, 3.8) is 0 Å². The zero-order valence-electron chi connectivity index (χ0n) is 9.24. The fraction of sp³-hybridized carbons (Fsp3) is 0.700. The van der Waals surface area contributed by atoms with E-state index in [4.69, 9.17) is 0 Å². The first-order valence-corrected chi connectivity index (χ1v) is 5.07. The van der Waals surface area contributed by atoms with E-state index in [1.54, 1.807) is 12.3 Å². The van der Waals surface area contributed by atoms with Crippen LogP contribution in [-0.4, -0.2) is 22.2 Å². The number of hydrogen-bond donors (Lipinski definition) is 1. The minimum absolute atomic E-state index is 0.278. The van der Waals surface area contributed by atoms with Gasteiger partial charge in [-0.15, -0.1) is 0 Å². The van der Waals surface area contributed by atoms with Gasteiger partial charge in [-0.1, -0.05) is 13.8 Å². The Labute approximate surface area is 88.5 Å². The zero-order valence-corrected chi connectivity index (χ0v) is 9.24. The highest BCUT2D eigenvalue weighted by atomic mass is 19.3. The average Bonchev–Trinajstić information content (AvgIpc) is 2.51. The lowest BCUT2D eigenvalue weighted by Gasteiger charge is -2.16. The molecule has 15 heavy (non-hydrogen) atoms. The zero-order chi connectivity index (χ0) is 11.4. The molecule has 0 fully saturated rings. The average molecular weight is 217 g/mol. The van der Waals surface area contributed by atoms with Gasteiger partial charge in [0, 0.05) is 18.3 Å². The van der Waals surface area contributed by atoms with Crippen LogP contribution in [0.3, 0.4) is 0 Å². The van der Waals surface area contributed by atoms with Crippen molar-refractivity contribution in [2.24, 2.45) is 5.92 Å². The maximum absolute atomic E-state index is 12.0. The second kappa shape index (κ2) is 5.09. The Morgan fingerprint density at radius 2 is 2.07 bits per heavy atom. The number of nitrogens with zero attached hydrogens (tertiary/aromatic N) is 2. The molecule has 0 aliphatic heterocycles. The van der Waals surface area contributed by atoms with E-state index in [1.807, 2.05) is 6.92 Å². The van der Waals surface area contributed by atoms with Crippen molar-refractivity contribution in [1.29, 1.82) is 0 Å². The molecule has 0 spiro atoms. The van der Waals surface area contributed by atoms with Gasteiger partial charge >= 0.3 is 0 Å². The van der Waals surface area contributed by atoms with E-state index in [2.05, 4.69) is 24.3 Å². The second-order valence-corrected chi connectivity index (χ2v) is 3.99. The number of rotatable bonds is 5. The predicted molar refractivity (Wildman–Crippen MR) is 56.2 cm³/mol. The standard InChI is InChI=1S/C10H17F2N3/c1-7(2)8(3)13-10-4-5-15(14-10)6-9(11)12/h4-5,7-9H,6H2,1-3H3,(H,13,14). The van der Waals surface area contributed by atoms with Crippen molar-refractivity contribution >= 4 is 5.82 Å². The summed E-state index contributed by atoms with van der Waals surface area (Å²) < 4.78 is 25.3. The van der Waals surface area contributed by atoms with Crippen molar-refractivity contribution in [3.8, 4) is 0 Å². The van der Waals surface area contributed by atoms with Crippen molar-refractivity contribution in [2.75, 3.05) is 5.32 Å². The third-order valence-electron chi connectivity index (χ3n) is 2.34. The van der Waals surface area contributed by atoms with E-state index in [9.17, 15) is 8.78 Å². The van der Waals surface area contributed by atoms with Crippen molar-refractivity contribution in [1.82, 2.24) is 9.78 Å². The number of alkyl halides is 2. The predicted octanol–water partition coefficient (Wildman–Crippen LogP) is 2.60. The van der Waals surface area contributed by atoms with Gasteiger partial charge in [-0.2, -0.15) is 5.10 Å². The summed E-state index contributed by atoms with van der Waals surface area (Å²) in [5, 5.41) is 7.16. The van der Waals surface area contributed by atoms with Gasteiger partial charge in [0.1, 0.15) is 12.4 Å². The van der Waals surface area contributed by atoms with Crippen LogP contribution in [0.5, 0.6) is 0 Å². The molecular formula is C10H17F2N3. The van der Waals surface area contributed by atoms with Crippen LogP contribution in [0.1, 0.15) is 20.8 Å². The van der Waals surface area contributed by atoms with Crippen LogP contribution in [0.25, 0.3) is 0 Å². The lowest BCUT2D eigenvalue weighted by molar-refractivity contribution is 0.122. The quantitative estimate of drug-likeness (QED) is 0.821. The Bertz CT molecular complexity index is 297. The smallest absolute Gasteiger partial charge is 0.257 e. The number of nitrogens with one attached hydrogen (secondary N) is 1. The van der Waals surface area contributed by atoms with Gasteiger partial charge in [0.2, 0.25) is 0 Å². The normalized spacial score (nSPS) is 13.5. The van der Waals surface area contributed by atoms with E-state index in [1.165, 1.54) is 4.68 Å². The van der Waals surface area contributed by atoms with E-state index in [-0.39, 0.29) is 12.6 Å². The van der Waals surface area contributed by atoms with Crippen LogP contribution in [0.15, 0.2) is 12.3 Å². The van der Waals surface area contributed by atoms with Gasteiger partial charge in [0.05, 0.1) is 0 Å². The first-order valence-electron chi connectivity index (χ1n) is 5.07. The maximum Gasteiger partial charge on any atom is 0.257 e. The molecule has 0 aliphatic carbocycles. The molecule has 1 atom stereocenters. The van der Waals surface area contributed by atoms with Gasteiger partial charge in [0.15, 0.2) is 0 Å². The molecule has 1 N–H and O–H groups in total. The monoisotopic (exact) mass is 217 g/mol. The number of anilines is 1. The number of halogens is 2. The topological polar surface area (TPSA) is 29.9 Å². The molecule has 0 amide bonds. The number of aromatic nitrogens is 2. The molecule has 0 bridgehead atoms. The summed E-state index contributed by atoms with van der Waals surface area (Å²) in [5.41, 5.74) is 0. The molecule has 0 radical (unpaired) electrons. The molecule has 1 aromatic heterocycles. The van der Waals surface area contributed by atoms with Crippen LogP contribution in [-0.2, 0) is 6.54 Å². The van der Waals surface area contributed by atoms with Gasteiger partial charge in [-0.05, 0) is 12.8 Å². The first kappa shape index (κ1) is 11.9. The minimum atomic E-state index is -2.36. The molecule has 3 nitrogen and oxygen atoms in total. The molecule has 1 aromatic rings. The lowest BCUT2D eigenvalue weighted by Crippen LogP contribution is -2.21. The minimum Gasteiger partial charge on any atom is -0.366 e. The second-order valence-electron chi connectivity index (χ2n) is 3.99. The Kier molecular flexibility index (Phi) is 4.05. The molecular weight excluding hydrogens is 200 g/mol. The Balaban J connectivity index is 2.53. The summed E-state index contributed by atoms with van der Waals surface area (Å²) in [4.78, 5) is 0. The molecule has 0 aromatic carbocycles. The summed E-state index contributed by atoms with van der Waals surface area (Å²) in [7, 11) is 0. The summed E-state index contributed by atoms with van der Waals surface area (Å²) in [5.74, 6) is 1.13. The van der Waals surface area contributed by atoms with Gasteiger partial charge < -0.3 is 5.32 Å². The van der Waals surface area contributed by atoms with E-state index >= 15 is 0 Å². The van der Waals surface area contributed by atoms with Crippen molar-refractivity contribution < 1.29 is 8.78 Å². The highest BCUT2D eigenvalue weighted by molar-refractivity contribution is 5.33. The van der Waals surface area contributed by atoms with Crippen LogP contribution < -0.4 is 5.32 Å². The van der Waals surface area contributed by atoms with Crippen LogP contribution >= 0.6 is 0 Å². The molecule has 0 aliphatic rings. The summed E-state index contributed by atoms with van der Waals surface area (Å²) >= 11 is 0. The summed E-state index contributed by atoms with van der Waals surface area (Å²) in [6.45, 7) is 5.87. The van der Waals surface area contributed by atoms with Crippen LogP contribution in [0, 0.1) is 5.92 Å². The first-order chi connectivity index (χ1) is 6.99. The third kappa shape index (κ3) is 3.85. The lowest BCUT2D eigenvalue weighted by atomic mass is 10.1. The van der Waals surface area contributed by atoms with Gasteiger partial charge in [-0.25, -0.2) is 8.78 Å². The van der Waals surface area contributed by atoms with Crippen molar-refractivity contribution in [2.45, 2.75) is 39.8 Å². The molecule has 1 rings (SSSR count). The van der Waals surface area contributed by atoms with E-state index in [0.29, 0.717) is 11.7 Å². The molecule has 5 heteroatoms. The maximum atomic E-state index is 12.0. The third-order valence-corrected chi connectivity index (χ3v) is 2.34. The Morgan fingerprint density at radius 3 is 2.60 bits per heavy atom. The Morgan fingerprint density at radius 1 is 1.40 bits per heavy atom. The van der Waals surface area contributed by atoms with Crippen LogP contribution in [0.2, 0.25) is 0 Å². The Hall–Kier alpha value is -1.13. The van der Waals surface area contributed by atoms with Crippen LogP contribution in [0.4, 0.5) is 14.6 Å². The number of hydrogen-bond acceptors (Lipinski definition) is 2. The van der Waals surface area contributed by atoms with Gasteiger partial charge in [0.25, 0.3) is 6.43 Å². The van der Waals surface area contributed by atoms with Crippen molar-refractivity contribution in [3.05, 3.63) is 12.3 Å². The molecule has 0 saturated carbocycles. The summed E-state index contributed by atoms with van der Waals surface area (Å²) in [6, 6.07) is 1.99. The molecule has 86 valence electrons. The van der Waals surface area contributed by atoms with Gasteiger partial charge in [-0.3, -0.25) is 4.68 Å². The SMILES string of the molecule is CC(C)C(C)Nc1ccn(CC(F)F)n1. The highest BCUT2D eigenvalue weighted by Crippen LogP contribution is 2.10. The summed E-state index contributed by atoms with van der Waals surface area (Å²) in [6.07, 6.45) is -0.804. The van der Waals surface area contributed by atoms with E-state index < -0.39 is 6.43 Å². The molecule has 0 saturated heterocycles. The van der Waals surface area contributed by atoms with E-state index in [0.717, 1.165) is 0 Å². The fourth-order valence-corrected chi connectivity index (χ4v) is 1.08. The fourth-order valence-electron chi connectivity index (χ4n) is 1.08.